The molecule has 3 rings (SSSR count). The lowest BCUT2D eigenvalue weighted by Gasteiger charge is -2.36. The standard InChI is InChI=1S/C17H25N3O2/c1-12-17(13(2)19-18-12)15-11-22-9-8-20(15)16(21)10-14-6-4-3-5-7-14/h6,15H,3-5,7-11H2,1-2H3,(H,18,19)/t15-/m0/s1. The molecule has 0 spiro atoms. The number of aromatic nitrogens is 2. The van der Waals surface area contributed by atoms with Crippen LogP contribution in [-0.4, -0.2) is 40.8 Å². The van der Waals surface area contributed by atoms with E-state index in [9.17, 15) is 4.79 Å². The van der Waals surface area contributed by atoms with Gasteiger partial charge in [0.2, 0.25) is 5.91 Å². The summed E-state index contributed by atoms with van der Waals surface area (Å²) in [6.45, 7) is 5.85. The summed E-state index contributed by atoms with van der Waals surface area (Å²) in [4.78, 5) is 14.8. The summed E-state index contributed by atoms with van der Waals surface area (Å²) in [6, 6.07) is -0.0100. The zero-order chi connectivity index (χ0) is 15.5. The Labute approximate surface area is 131 Å². The number of nitrogens with zero attached hydrogens (tertiary/aromatic N) is 2. The smallest absolute Gasteiger partial charge is 0.227 e. The SMILES string of the molecule is Cc1n[nH]c(C)c1[C@@H]1COCCN1C(=O)CC1=CCCCC1. The van der Waals surface area contributed by atoms with Crippen molar-refractivity contribution in [2.24, 2.45) is 0 Å². The molecule has 1 aromatic heterocycles. The summed E-state index contributed by atoms with van der Waals surface area (Å²) >= 11 is 0. The Bertz CT molecular complexity index is 557. The first kappa shape index (κ1) is 15.3. The van der Waals surface area contributed by atoms with Gasteiger partial charge in [0.05, 0.1) is 24.9 Å². The predicted molar refractivity (Wildman–Crippen MR) is 84.5 cm³/mol. The highest BCUT2D eigenvalue weighted by Crippen LogP contribution is 2.30. The van der Waals surface area contributed by atoms with E-state index in [-0.39, 0.29) is 11.9 Å². The van der Waals surface area contributed by atoms with Crippen molar-refractivity contribution in [2.45, 2.75) is 52.0 Å². The van der Waals surface area contributed by atoms with Crippen LogP contribution < -0.4 is 0 Å². The summed E-state index contributed by atoms with van der Waals surface area (Å²) in [5.74, 6) is 0.224. The first-order valence-electron chi connectivity index (χ1n) is 8.23. The van der Waals surface area contributed by atoms with E-state index in [2.05, 4.69) is 16.3 Å². The molecule has 0 unspecified atom stereocenters. The second-order valence-corrected chi connectivity index (χ2v) is 6.31. The zero-order valence-corrected chi connectivity index (χ0v) is 13.5. The molecule has 1 atom stereocenters. The summed E-state index contributed by atoms with van der Waals surface area (Å²) in [5.41, 5.74) is 4.41. The van der Waals surface area contributed by atoms with Crippen LogP contribution in [0.5, 0.6) is 0 Å². The molecular formula is C17H25N3O2. The van der Waals surface area contributed by atoms with Gasteiger partial charge in [-0.05, 0) is 39.5 Å². The number of allylic oxidation sites excluding steroid dienone is 1. The normalized spacial score (nSPS) is 22.5. The average molecular weight is 303 g/mol. The van der Waals surface area contributed by atoms with E-state index in [4.69, 9.17) is 4.74 Å². The molecule has 1 amide bonds. The molecule has 5 nitrogen and oxygen atoms in total. The van der Waals surface area contributed by atoms with Gasteiger partial charge in [-0.25, -0.2) is 0 Å². The maximum atomic E-state index is 12.8. The molecule has 2 aliphatic rings. The molecule has 22 heavy (non-hydrogen) atoms. The van der Waals surface area contributed by atoms with Crippen molar-refractivity contribution in [3.05, 3.63) is 28.6 Å². The van der Waals surface area contributed by atoms with Crippen LogP contribution >= 0.6 is 0 Å². The fraction of sp³-hybridized carbons (Fsp3) is 0.647. The van der Waals surface area contributed by atoms with E-state index >= 15 is 0 Å². The number of carbonyl (C=O) groups is 1. The summed E-state index contributed by atoms with van der Waals surface area (Å²) in [5, 5.41) is 7.29. The number of aromatic amines is 1. The third kappa shape index (κ3) is 3.09. The van der Waals surface area contributed by atoms with E-state index in [0.717, 1.165) is 29.8 Å². The Kier molecular flexibility index (Phi) is 4.62. The van der Waals surface area contributed by atoms with Gasteiger partial charge in [-0.2, -0.15) is 5.10 Å². The molecule has 1 aliphatic heterocycles. The first-order chi connectivity index (χ1) is 10.7. The highest BCUT2D eigenvalue weighted by molar-refractivity contribution is 5.79. The van der Waals surface area contributed by atoms with Crippen LogP contribution in [0.2, 0.25) is 0 Å². The predicted octanol–water partition coefficient (Wildman–Crippen LogP) is 2.82. The van der Waals surface area contributed by atoms with Crippen LogP contribution in [0.4, 0.5) is 0 Å². The van der Waals surface area contributed by atoms with E-state index in [1.54, 1.807) is 0 Å². The summed E-state index contributed by atoms with van der Waals surface area (Å²) < 4.78 is 5.64. The zero-order valence-electron chi connectivity index (χ0n) is 13.5. The Hall–Kier alpha value is -1.62. The van der Waals surface area contributed by atoms with Crippen LogP contribution in [0.1, 0.15) is 55.1 Å². The minimum atomic E-state index is -0.0100. The van der Waals surface area contributed by atoms with Crippen molar-refractivity contribution in [2.75, 3.05) is 19.8 Å². The largest absolute Gasteiger partial charge is 0.377 e. The minimum Gasteiger partial charge on any atom is -0.377 e. The molecule has 0 radical (unpaired) electrons. The monoisotopic (exact) mass is 303 g/mol. The lowest BCUT2D eigenvalue weighted by atomic mass is 9.96. The summed E-state index contributed by atoms with van der Waals surface area (Å²) in [6.07, 6.45) is 7.48. The number of rotatable bonds is 3. The molecule has 0 aromatic carbocycles. The highest BCUT2D eigenvalue weighted by Gasteiger charge is 2.32. The van der Waals surface area contributed by atoms with Crippen molar-refractivity contribution in [1.82, 2.24) is 15.1 Å². The number of hydrogen-bond donors (Lipinski definition) is 1. The number of H-pyrrole nitrogens is 1. The van der Waals surface area contributed by atoms with Crippen LogP contribution in [0.25, 0.3) is 0 Å². The van der Waals surface area contributed by atoms with E-state index in [1.165, 1.54) is 18.4 Å². The molecule has 1 N–H and O–H groups in total. The van der Waals surface area contributed by atoms with Gasteiger partial charge in [-0.15, -0.1) is 0 Å². The van der Waals surface area contributed by atoms with Crippen molar-refractivity contribution >= 4 is 5.91 Å². The third-order valence-electron chi connectivity index (χ3n) is 4.73. The van der Waals surface area contributed by atoms with Crippen molar-refractivity contribution in [1.29, 1.82) is 0 Å². The lowest BCUT2D eigenvalue weighted by Crippen LogP contribution is -2.43. The molecular weight excluding hydrogens is 278 g/mol. The molecule has 2 heterocycles. The molecule has 1 fully saturated rings. The lowest BCUT2D eigenvalue weighted by molar-refractivity contribution is -0.139. The van der Waals surface area contributed by atoms with Crippen LogP contribution in [0, 0.1) is 13.8 Å². The highest BCUT2D eigenvalue weighted by atomic mass is 16.5. The van der Waals surface area contributed by atoms with Crippen molar-refractivity contribution < 1.29 is 9.53 Å². The third-order valence-corrected chi connectivity index (χ3v) is 4.73. The minimum absolute atomic E-state index is 0.0100. The average Bonchev–Trinajstić information content (AvgIpc) is 2.87. The number of morpholine rings is 1. The molecule has 5 heteroatoms. The fourth-order valence-electron chi connectivity index (χ4n) is 3.55. The molecule has 0 saturated carbocycles. The van der Waals surface area contributed by atoms with Gasteiger partial charge in [0.15, 0.2) is 0 Å². The van der Waals surface area contributed by atoms with Gasteiger partial charge >= 0.3 is 0 Å². The van der Waals surface area contributed by atoms with Crippen LogP contribution in [-0.2, 0) is 9.53 Å². The number of nitrogens with one attached hydrogen (secondary N) is 1. The number of aryl methyl sites for hydroxylation is 2. The Balaban J connectivity index is 1.77. The van der Waals surface area contributed by atoms with Gasteiger partial charge in [0, 0.05) is 24.2 Å². The maximum absolute atomic E-state index is 12.8. The Morgan fingerprint density at radius 2 is 2.32 bits per heavy atom. The van der Waals surface area contributed by atoms with E-state index in [1.807, 2.05) is 18.7 Å². The first-order valence-corrected chi connectivity index (χ1v) is 8.23. The molecule has 120 valence electrons. The number of amides is 1. The van der Waals surface area contributed by atoms with Gasteiger partial charge < -0.3 is 9.64 Å². The quantitative estimate of drug-likeness (QED) is 0.874. The van der Waals surface area contributed by atoms with Gasteiger partial charge in [-0.1, -0.05) is 11.6 Å². The Morgan fingerprint density at radius 1 is 1.45 bits per heavy atom. The summed E-state index contributed by atoms with van der Waals surface area (Å²) in [7, 11) is 0. The van der Waals surface area contributed by atoms with Crippen LogP contribution in [0.3, 0.4) is 0 Å². The fourth-order valence-corrected chi connectivity index (χ4v) is 3.55. The van der Waals surface area contributed by atoms with Gasteiger partial charge in [-0.3, -0.25) is 9.89 Å². The van der Waals surface area contributed by atoms with Crippen molar-refractivity contribution in [3.63, 3.8) is 0 Å². The molecule has 1 saturated heterocycles. The van der Waals surface area contributed by atoms with E-state index < -0.39 is 0 Å². The molecule has 1 aliphatic carbocycles. The van der Waals surface area contributed by atoms with Crippen molar-refractivity contribution in [3.8, 4) is 0 Å². The second kappa shape index (κ2) is 6.65. The topological polar surface area (TPSA) is 58.2 Å². The van der Waals surface area contributed by atoms with E-state index in [0.29, 0.717) is 26.2 Å². The molecule has 0 bridgehead atoms. The van der Waals surface area contributed by atoms with Gasteiger partial charge in [0.1, 0.15) is 0 Å². The van der Waals surface area contributed by atoms with Gasteiger partial charge in [0.25, 0.3) is 0 Å². The second-order valence-electron chi connectivity index (χ2n) is 6.31. The van der Waals surface area contributed by atoms with Crippen LogP contribution in [0.15, 0.2) is 11.6 Å². The number of carbonyl (C=O) groups excluding carboxylic acids is 1. The number of hydrogen-bond acceptors (Lipinski definition) is 3. The maximum Gasteiger partial charge on any atom is 0.227 e. The Morgan fingerprint density at radius 3 is 3.00 bits per heavy atom. The molecule has 1 aromatic rings. The number of ether oxygens (including phenoxy) is 1.